The highest BCUT2D eigenvalue weighted by molar-refractivity contribution is 5.92. The molecule has 0 heterocycles. The van der Waals surface area contributed by atoms with Gasteiger partial charge in [-0.15, -0.1) is 0 Å². The zero-order valence-corrected chi connectivity index (χ0v) is 13.9. The molecule has 1 aromatic rings. The van der Waals surface area contributed by atoms with Crippen LogP contribution in [0.25, 0.3) is 0 Å². The van der Waals surface area contributed by atoms with Crippen LogP contribution in [0.15, 0.2) is 18.2 Å². The van der Waals surface area contributed by atoms with Gasteiger partial charge in [-0.1, -0.05) is 0 Å². The number of esters is 1. The molecule has 7 heteroatoms. The molecule has 7 nitrogen and oxygen atoms in total. The summed E-state index contributed by atoms with van der Waals surface area (Å²) in [6, 6.07) is 4.70. The van der Waals surface area contributed by atoms with Crippen LogP contribution in [-0.4, -0.2) is 52.0 Å². The number of benzene rings is 1. The van der Waals surface area contributed by atoms with Crippen molar-refractivity contribution in [2.45, 2.75) is 20.0 Å². The van der Waals surface area contributed by atoms with Gasteiger partial charge in [-0.3, -0.25) is 4.79 Å². The Balaban J connectivity index is 2.68. The Morgan fingerprint density at radius 1 is 1.22 bits per heavy atom. The van der Waals surface area contributed by atoms with Gasteiger partial charge in [0.1, 0.15) is 0 Å². The van der Waals surface area contributed by atoms with E-state index in [1.165, 1.54) is 27.2 Å². The number of hydrogen-bond acceptors (Lipinski definition) is 6. The van der Waals surface area contributed by atoms with Crippen molar-refractivity contribution in [3.05, 3.63) is 23.8 Å². The summed E-state index contributed by atoms with van der Waals surface area (Å²) in [7, 11) is 3.02. The van der Waals surface area contributed by atoms with Gasteiger partial charge in [-0.05, 0) is 32.0 Å². The number of carbonyl (C=O) groups excluding carboxylic acids is 2. The number of nitrogens with one attached hydrogen (secondary N) is 1. The second kappa shape index (κ2) is 9.68. The van der Waals surface area contributed by atoms with E-state index in [9.17, 15) is 9.59 Å². The van der Waals surface area contributed by atoms with Crippen molar-refractivity contribution in [1.29, 1.82) is 0 Å². The lowest BCUT2D eigenvalue weighted by Gasteiger charge is -2.14. The highest BCUT2D eigenvalue weighted by Crippen LogP contribution is 2.28. The minimum absolute atomic E-state index is 0.279. The fourth-order valence-electron chi connectivity index (χ4n) is 1.77. The van der Waals surface area contributed by atoms with Gasteiger partial charge in [0.05, 0.1) is 25.9 Å². The summed E-state index contributed by atoms with van der Waals surface area (Å²) in [5.74, 6) is -0.0237. The van der Waals surface area contributed by atoms with Crippen LogP contribution >= 0.6 is 0 Å². The summed E-state index contributed by atoms with van der Waals surface area (Å²) in [6.45, 7) is 4.59. The average Bonchev–Trinajstić information content (AvgIpc) is 2.55. The summed E-state index contributed by atoms with van der Waals surface area (Å²) in [6.07, 6.45) is -0.906. The molecule has 23 heavy (non-hydrogen) atoms. The topological polar surface area (TPSA) is 83.1 Å². The van der Waals surface area contributed by atoms with E-state index in [1.54, 1.807) is 12.1 Å². The maximum Gasteiger partial charge on any atom is 0.339 e. The summed E-state index contributed by atoms with van der Waals surface area (Å²) in [4.78, 5) is 23.9. The first-order valence-corrected chi connectivity index (χ1v) is 7.31. The normalized spacial score (nSPS) is 11.5. The largest absolute Gasteiger partial charge is 0.493 e. The summed E-state index contributed by atoms with van der Waals surface area (Å²) in [5.41, 5.74) is 0.279. The lowest BCUT2D eigenvalue weighted by molar-refractivity contribution is -0.129. The van der Waals surface area contributed by atoms with E-state index in [0.717, 1.165) is 0 Å². The van der Waals surface area contributed by atoms with Crippen molar-refractivity contribution in [1.82, 2.24) is 5.32 Å². The van der Waals surface area contributed by atoms with Crippen molar-refractivity contribution in [2.75, 3.05) is 34.0 Å². The Morgan fingerprint density at radius 3 is 2.57 bits per heavy atom. The van der Waals surface area contributed by atoms with Crippen molar-refractivity contribution in [3.8, 4) is 11.5 Å². The zero-order valence-electron chi connectivity index (χ0n) is 13.9. The Morgan fingerprint density at radius 2 is 1.96 bits per heavy atom. The van der Waals surface area contributed by atoms with Crippen LogP contribution < -0.4 is 14.8 Å². The fourth-order valence-corrected chi connectivity index (χ4v) is 1.77. The van der Waals surface area contributed by atoms with E-state index < -0.39 is 12.1 Å². The maximum absolute atomic E-state index is 12.1. The number of hydrogen-bond donors (Lipinski definition) is 1. The molecule has 0 saturated heterocycles. The van der Waals surface area contributed by atoms with Crippen molar-refractivity contribution in [2.24, 2.45) is 0 Å². The molecule has 0 aliphatic rings. The first-order chi connectivity index (χ1) is 11.0. The van der Waals surface area contributed by atoms with Gasteiger partial charge in [0.25, 0.3) is 5.91 Å². The van der Waals surface area contributed by atoms with Crippen molar-refractivity contribution < 1.29 is 28.5 Å². The molecule has 0 saturated carbocycles. The molecule has 0 spiro atoms. The first-order valence-electron chi connectivity index (χ1n) is 7.31. The monoisotopic (exact) mass is 325 g/mol. The molecular weight excluding hydrogens is 302 g/mol. The number of methoxy groups -OCH3 is 2. The number of carbonyl (C=O) groups is 2. The second-order valence-corrected chi connectivity index (χ2v) is 4.63. The molecule has 0 aliphatic carbocycles. The quantitative estimate of drug-likeness (QED) is 0.546. The van der Waals surface area contributed by atoms with Crippen LogP contribution in [0.4, 0.5) is 0 Å². The van der Waals surface area contributed by atoms with Crippen LogP contribution in [-0.2, 0) is 14.3 Å². The first kappa shape index (κ1) is 18.8. The lowest BCUT2D eigenvalue weighted by atomic mass is 10.2. The predicted molar refractivity (Wildman–Crippen MR) is 83.9 cm³/mol. The fraction of sp³-hybridized carbons (Fsp3) is 0.500. The van der Waals surface area contributed by atoms with Gasteiger partial charge in [0.2, 0.25) is 0 Å². The van der Waals surface area contributed by atoms with Crippen LogP contribution in [0.1, 0.15) is 24.2 Å². The van der Waals surface area contributed by atoms with Gasteiger partial charge in [0, 0.05) is 13.7 Å². The third kappa shape index (κ3) is 5.78. The van der Waals surface area contributed by atoms with E-state index in [-0.39, 0.29) is 11.5 Å². The molecule has 0 unspecified atom stereocenters. The number of rotatable bonds is 9. The van der Waals surface area contributed by atoms with E-state index in [1.807, 2.05) is 6.92 Å². The van der Waals surface area contributed by atoms with Crippen molar-refractivity contribution >= 4 is 11.9 Å². The second-order valence-electron chi connectivity index (χ2n) is 4.63. The molecule has 128 valence electrons. The molecule has 1 atom stereocenters. The molecular formula is C16H23NO6. The summed E-state index contributed by atoms with van der Waals surface area (Å²) < 4.78 is 20.5. The predicted octanol–water partition coefficient (Wildman–Crippen LogP) is 1.40. The third-order valence-corrected chi connectivity index (χ3v) is 2.96. The molecule has 1 rings (SSSR count). The molecule has 1 amide bonds. The SMILES string of the molecule is CCOc1ccc(C(=O)O[C@@H](C)C(=O)NCCOC)cc1OC. The van der Waals surface area contributed by atoms with Gasteiger partial charge in [-0.2, -0.15) is 0 Å². The standard InChI is InChI=1S/C16H23NO6/c1-5-22-13-7-6-12(10-14(13)21-4)16(19)23-11(2)15(18)17-8-9-20-3/h6-7,10-11H,5,8-9H2,1-4H3,(H,17,18)/t11-/m0/s1. The van der Waals surface area contributed by atoms with E-state index in [0.29, 0.717) is 31.3 Å². The summed E-state index contributed by atoms with van der Waals surface area (Å²) >= 11 is 0. The Hall–Kier alpha value is -2.28. The van der Waals surface area contributed by atoms with Crippen LogP contribution in [0, 0.1) is 0 Å². The molecule has 0 radical (unpaired) electrons. The van der Waals surface area contributed by atoms with Gasteiger partial charge >= 0.3 is 5.97 Å². The molecule has 1 aromatic carbocycles. The van der Waals surface area contributed by atoms with Crippen LogP contribution in [0.2, 0.25) is 0 Å². The highest BCUT2D eigenvalue weighted by atomic mass is 16.5. The van der Waals surface area contributed by atoms with Crippen LogP contribution in [0.3, 0.4) is 0 Å². The van der Waals surface area contributed by atoms with Gasteiger partial charge in [0.15, 0.2) is 17.6 Å². The zero-order chi connectivity index (χ0) is 17.2. The molecule has 0 aromatic heterocycles. The maximum atomic E-state index is 12.1. The van der Waals surface area contributed by atoms with E-state index in [2.05, 4.69) is 5.32 Å². The smallest absolute Gasteiger partial charge is 0.339 e. The van der Waals surface area contributed by atoms with E-state index in [4.69, 9.17) is 18.9 Å². The van der Waals surface area contributed by atoms with E-state index >= 15 is 0 Å². The van der Waals surface area contributed by atoms with Crippen LogP contribution in [0.5, 0.6) is 11.5 Å². The van der Waals surface area contributed by atoms with Crippen molar-refractivity contribution in [3.63, 3.8) is 0 Å². The third-order valence-electron chi connectivity index (χ3n) is 2.96. The minimum atomic E-state index is -0.906. The molecule has 1 N–H and O–H groups in total. The average molecular weight is 325 g/mol. The molecule has 0 fully saturated rings. The molecule has 0 aliphatic heterocycles. The highest BCUT2D eigenvalue weighted by Gasteiger charge is 2.19. The number of amides is 1. The molecule has 0 bridgehead atoms. The summed E-state index contributed by atoms with van der Waals surface area (Å²) in [5, 5.41) is 2.60. The minimum Gasteiger partial charge on any atom is -0.493 e. The Labute approximate surface area is 135 Å². The van der Waals surface area contributed by atoms with Gasteiger partial charge in [-0.25, -0.2) is 4.79 Å². The lowest BCUT2D eigenvalue weighted by Crippen LogP contribution is -2.37. The van der Waals surface area contributed by atoms with Gasteiger partial charge < -0.3 is 24.3 Å². The Kier molecular flexibility index (Phi) is 7.90. The number of ether oxygens (including phenoxy) is 4. The Bertz CT molecular complexity index is 531.